The van der Waals surface area contributed by atoms with Crippen molar-refractivity contribution in [3.8, 4) is 5.75 Å². The zero-order valence-electron chi connectivity index (χ0n) is 12.5. The SMILES string of the molecule is COc1ccc(Br)cc1CNCC(C(C)C)N(C)C. The summed E-state index contributed by atoms with van der Waals surface area (Å²) < 4.78 is 6.46. The molecule has 1 atom stereocenters. The lowest BCUT2D eigenvalue weighted by Gasteiger charge is -2.28. The van der Waals surface area contributed by atoms with Gasteiger partial charge in [-0.25, -0.2) is 0 Å². The summed E-state index contributed by atoms with van der Waals surface area (Å²) in [5.74, 6) is 1.56. The Hall–Kier alpha value is -0.580. The molecule has 0 aromatic heterocycles. The summed E-state index contributed by atoms with van der Waals surface area (Å²) in [7, 11) is 5.97. The van der Waals surface area contributed by atoms with Crippen LogP contribution < -0.4 is 10.1 Å². The van der Waals surface area contributed by atoms with E-state index in [1.54, 1.807) is 7.11 Å². The van der Waals surface area contributed by atoms with E-state index in [4.69, 9.17) is 4.74 Å². The first-order chi connectivity index (χ1) is 8.95. The molecule has 1 aromatic carbocycles. The van der Waals surface area contributed by atoms with Crippen LogP contribution in [0.5, 0.6) is 5.75 Å². The highest BCUT2D eigenvalue weighted by atomic mass is 79.9. The zero-order valence-corrected chi connectivity index (χ0v) is 14.1. The largest absolute Gasteiger partial charge is 0.496 e. The summed E-state index contributed by atoms with van der Waals surface area (Å²) >= 11 is 3.50. The molecule has 0 amide bonds. The topological polar surface area (TPSA) is 24.5 Å². The second kappa shape index (κ2) is 7.88. The van der Waals surface area contributed by atoms with Gasteiger partial charge in [0.05, 0.1) is 7.11 Å². The van der Waals surface area contributed by atoms with Crippen molar-refractivity contribution in [3.05, 3.63) is 28.2 Å². The first kappa shape index (κ1) is 16.5. The zero-order chi connectivity index (χ0) is 14.4. The van der Waals surface area contributed by atoms with Crippen LogP contribution in [0.3, 0.4) is 0 Å². The van der Waals surface area contributed by atoms with Gasteiger partial charge in [-0.05, 0) is 38.2 Å². The summed E-state index contributed by atoms with van der Waals surface area (Å²) in [5.41, 5.74) is 1.18. The van der Waals surface area contributed by atoms with Crippen molar-refractivity contribution in [2.24, 2.45) is 5.92 Å². The van der Waals surface area contributed by atoms with Gasteiger partial charge in [0.1, 0.15) is 5.75 Å². The van der Waals surface area contributed by atoms with Crippen molar-refractivity contribution >= 4 is 15.9 Å². The molecule has 19 heavy (non-hydrogen) atoms. The molecule has 1 unspecified atom stereocenters. The molecule has 0 aliphatic rings. The summed E-state index contributed by atoms with van der Waals surface area (Å²) in [4.78, 5) is 2.27. The Balaban J connectivity index is 2.59. The summed E-state index contributed by atoms with van der Waals surface area (Å²) in [6.07, 6.45) is 0. The molecule has 4 heteroatoms. The van der Waals surface area contributed by atoms with Crippen LogP contribution in [-0.2, 0) is 6.54 Å². The molecule has 0 spiro atoms. The monoisotopic (exact) mass is 328 g/mol. The average molecular weight is 329 g/mol. The van der Waals surface area contributed by atoms with Gasteiger partial charge in [-0.2, -0.15) is 0 Å². The van der Waals surface area contributed by atoms with Crippen molar-refractivity contribution < 1.29 is 4.74 Å². The summed E-state index contributed by atoms with van der Waals surface area (Å²) in [5, 5.41) is 3.52. The molecule has 0 fully saturated rings. The molecule has 1 N–H and O–H groups in total. The number of nitrogens with one attached hydrogen (secondary N) is 1. The molecule has 0 aliphatic heterocycles. The Morgan fingerprint density at radius 2 is 2.00 bits per heavy atom. The molecular weight excluding hydrogens is 304 g/mol. The van der Waals surface area contributed by atoms with Crippen molar-refractivity contribution in [2.45, 2.75) is 26.4 Å². The minimum Gasteiger partial charge on any atom is -0.496 e. The maximum atomic E-state index is 5.38. The van der Waals surface area contributed by atoms with Gasteiger partial charge in [-0.3, -0.25) is 0 Å². The minimum absolute atomic E-state index is 0.540. The predicted molar refractivity (Wildman–Crippen MR) is 84.7 cm³/mol. The molecule has 0 radical (unpaired) electrons. The fourth-order valence-electron chi connectivity index (χ4n) is 2.25. The van der Waals surface area contributed by atoms with Gasteiger partial charge in [0, 0.05) is 29.2 Å². The lowest BCUT2D eigenvalue weighted by atomic mass is 10.0. The summed E-state index contributed by atoms with van der Waals surface area (Å²) in [6, 6.07) is 6.64. The Morgan fingerprint density at radius 1 is 1.32 bits per heavy atom. The number of ether oxygens (including phenoxy) is 1. The highest BCUT2D eigenvalue weighted by Gasteiger charge is 2.15. The molecule has 108 valence electrons. The summed E-state index contributed by atoms with van der Waals surface area (Å²) in [6.45, 7) is 6.30. The molecule has 1 aromatic rings. The van der Waals surface area contributed by atoms with E-state index in [0.717, 1.165) is 23.3 Å². The van der Waals surface area contributed by atoms with Crippen LogP contribution in [-0.4, -0.2) is 38.7 Å². The first-order valence-electron chi connectivity index (χ1n) is 6.65. The van der Waals surface area contributed by atoms with Crippen molar-refractivity contribution in [2.75, 3.05) is 27.7 Å². The number of methoxy groups -OCH3 is 1. The normalized spacial score (nSPS) is 13.1. The quantitative estimate of drug-likeness (QED) is 0.832. The second-order valence-corrected chi connectivity index (χ2v) is 6.28. The molecule has 0 saturated carbocycles. The van der Waals surface area contributed by atoms with Gasteiger partial charge in [0.25, 0.3) is 0 Å². The van der Waals surface area contributed by atoms with Crippen LogP contribution in [0.1, 0.15) is 19.4 Å². The van der Waals surface area contributed by atoms with Gasteiger partial charge in [0.2, 0.25) is 0 Å². The molecule has 1 rings (SSSR count). The van der Waals surface area contributed by atoms with Gasteiger partial charge >= 0.3 is 0 Å². The van der Waals surface area contributed by atoms with E-state index in [-0.39, 0.29) is 0 Å². The highest BCUT2D eigenvalue weighted by Crippen LogP contribution is 2.22. The van der Waals surface area contributed by atoms with E-state index in [0.29, 0.717) is 12.0 Å². The molecule has 0 aliphatic carbocycles. The number of hydrogen-bond donors (Lipinski definition) is 1. The standard InChI is InChI=1S/C15H25BrN2O/c1-11(2)14(18(3)4)10-17-9-12-8-13(16)6-7-15(12)19-5/h6-8,11,14,17H,9-10H2,1-5H3. The van der Waals surface area contributed by atoms with E-state index in [1.807, 2.05) is 12.1 Å². The van der Waals surface area contributed by atoms with Crippen LogP contribution in [0.15, 0.2) is 22.7 Å². The smallest absolute Gasteiger partial charge is 0.123 e. The van der Waals surface area contributed by atoms with E-state index in [1.165, 1.54) is 5.56 Å². The minimum atomic E-state index is 0.540. The molecular formula is C15H25BrN2O. The third kappa shape index (κ3) is 5.13. The van der Waals surface area contributed by atoms with Gasteiger partial charge in [-0.1, -0.05) is 29.8 Å². The van der Waals surface area contributed by atoms with Crippen molar-refractivity contribution in [3.63, 3.8) is 0 Å². The van der Waals surface area contributed by atoms with Crippen molar-refractivity contribution in [1.29, 1.82) is 0 Å². The third-order valence-corrected chi connectivity index (χ3v) is 3.84. The number of nitrogens with zero attached hydrogens (tertiary/aromatic N) is 1. The van der Waals surface area contributed by atoms with E-state index >= 15 is 0 Å². The Kier molecular flexibility index (Phi) is 6.83. The van der Waals surface area contributed by atoms with Crippen LogP contribution >= 0.6 is 15.9 Å². The van der Waals surface area contributed by atoms with Crippen molar-refractivity contribution in [1.82, 2.24) is 10.2 Å². The molecule has 0 bridgehead atoms. The number of benzene rings is 1. The number of halogens is 1. The van der Waals surface area contributed by atoms with Gasteiger partial charge in [0.15, 0.2) is 0 Å². The second-order valence-electron chi connectivity index (χ2n) is 5.36. The number of likely N-dealkylation sites (N-methyl/N-ethyl adjacent to an activating group) is 1. The van der Waals surface area contributed by atoms with E-state index < -0.39 is 0 Å². The van der Waals surface area contributed by atoms with Crippen LogP contribution in [0.25, 0.3) is 0 Å². The van der Waals surface area contributed by atoms with Crippen LogP contribution in [0, 0.1) is 5.92 Å². The molecule has 0 saturated heterocycles. The lowest BCUT2D eigenvalue weighted by molar-refractivity contribution is 0.224. The Bertz CT molecular complexity index is 386. The fraction of sp³-hybridized carbons (Fsp3) is 0.600. The third-order valence-electron chi connectivity index (χ3n) is 3.34. The average Bonchev–Trinajstić information content (AvgIpc) is 2.33. The molecule has 0 heterocycles. The fourth-order valence-corrected chi connectivity index (χ4v) is 2.66. The first-order valence-corrected chi connectivity index (χ1v) is 7.44. The lowest BCUT2D eigenvalue weighted by Crippen LogP contribution is -2.41. The number of hydrogen-bond acceptors (Lipinski definition) is 3. The van der Waals surface area contributed by atoms with Gasteiger partial charge in [-0.15, -0.1) is 0 Å². The van der Waals surface area contributed by atoms with Crippen LogP contribution in [0.2, 0.25) is 0 Å². The molecule has 3 nitrogen and oxygen atoms in total. The Morgan fingerprint density at radius 3 is 2.53 bits per heavy atom. The van der Waals surface area contributed by atoms with E-state index in [2.05, 4.69) is 60.2 Å². The maximum Gasteiger partial charge on any atom is 0.123 e. The van der Waals surface area contributed by atoms with Gasteiger partial charge < -0.3 is 15.0 Å². The number of rotatable bonds is 7. The van der Waals surface area contributed by atoms with E-state index in [9.17, 15) is 0 Å². The maximum absolute atomic E-state index is 5.38. The van der Waals surface area contributed by atoms with Crippen LogP contribution in [0.4, 0.5) is 0 Å². The highest BCUT2D eigenvalue weighted by molar-refractivity contribution is 9.10. The Labute approximate surface area is 125 Å². The predicted octanol–water partition coefficient (Wildman–Crippen LogP) is 3.13.